The highest BCUT2D eigenvalue weighted by atomic mass is 16.3. The molecule has 0 saturated heterocycles. The van der Waals surface area contributed by atoms with Gasteiger partial charge in [-0.25, -0.2) is 4.79 Å². The summed E-state index contributed by atoms with van der Waals surface area (Å²) in [4.78, 5) is 10.7. The molecule has 2 amide bonds. The highest BCUT2D eigenvalue weighted by Gasteiger charge is 1.95. The highest BCUT2D eigenvalue weighted by Crippen LogP contribution is 1.71. The molecule has 0 aromatic heterocycles. The minimum Gasteiger partial charge on any atom is -0.396 e. The Morgan fingerprint density at radius 2 is 1.73 bits per heavy atom. The number of carbonyl (C=O) groups excluding carboxylic acids is 1. The maximum absolute atomic E-state index is 10.7. The van der Waals surface area contributed by atoms with Crippen molar-refractivity contribution in [1.82, 2.24) is 10.6 Å². The van der Waals surface area contributed by atoms with Crippen LogP contribution in [0.3, 0.4) is 0 Å². The molecule has 4 N–H and O–H groups in total. The lowest BCUT2D eigenvalue weighted by atomic mass is 10.4. The molecule has 0 aliphatic rings. The van der Waals surface area contributed by atoms with E-state index < -0.39 is 0 Å². The number of rotatable bonds is 5. The number of carbonyl (C=O) groups is 1. The number of hydrogen-bond donors (Lipinski definition) is 4. The molecule has 0 aliphatic carbocycles. The molecule has 0 radical (unpaired) electrons. The lowest BCUT2D eigenvalue weighted by Crippen LogP contribution is -2.37. The topological polar surface area (TPSA) is 81.6 Å². The Morgan fingerprint density at radius 3 is 2.27 bits per heavy atom. The van der Waals surface area contributed by atoms with E-state index in [0.29, 0.717) is 13.0 Å². The predicted octanol–water partition coefficient (Wildman–Crippen LogP) is -1.34. The molecule has 5 heteroatoms. The van der Waals surface area contributed by atoms with Crippen molar-refractivity contribution in [3.63, 3.8) is 0 Å². The fourth-order valence-electron chi connectivity index (χ4n) is 0.513. The van der Waals surface area contributed by atoms with E-state index in [2.05, 4.69) is 10.6 Å². The summed E-state index contributed by atoms with van der Waals surface area (Å²) in [6.45, 7) is 0.715. The van der Waals surface area contributed by atoms with Crippen LogP contribution in [-0.4, -0.2) is 42.5 Å². The molecule has 66 valence electrons. The van der Waals surface area contributed by atoms with Gasteiger partial charge in [0, 0.05) is 19.7 Å². The van der Waals surface area contributed by atoms with Gasteiger partial charge in [0.15, 0.2) is 0 Å². The minimum atomic E-state index is -0.312. The SMILES string of the molecule is O=C(NCCO)NCCCO. The van der Waals surface area contributed by atoms with Crippen molar-refractivity contribution in [2.45, 2.75) is 6.42 Å². The number of aliphatic hydroxyl groups is 2. The smallest absolute Gasteiger partial charge is 0.314 e. The zero-order valence-electron chi connectivity index (χ0n) is 6.34. The third kappa shape index (κ3) is 7.08. The van der Waals surface area contributed by atoms with Crippen LogP contribution in [0.1, 0.15) is 6.42 Å². The van der Waals surface area contributed by atoms with Crippen LogP contribution in [0, 0.1) is 0 Å². The number of hydrogen-bond acceptors (Lipinski definition) is 3. The van der Waals surface area contributed by atoms with E-state index in [1.165, 1.54) is 0 Å². The van der Waals surface area contributed by atoms with Crippen LogP contribution in [0.5, 0.6) is 0 Å². The van der Waals surface area contributed by atoms with Crippen molar-refractivity contribution in [3.05, 3.63) is 0 Å². The molecular formula is C6H14N2O3. The van der Waals surface area contributed by atoms with E-state index in [0.717, 1.165) is 0 Å². The monoisotopic (exact) mass is 162 g/mol. The molecule has 0 atom stereocenters. The lowest BCUT2D eigenvalue weighted by Gasteiger charge is -2.04. The molecule has 0 aromatic rings. The van der Waals surface area contributed by atoms with Gasteiger partial charge in [-0.15, -0.1) is 0 Å². The van der Waals surface area contributed by atoms with E-state index in [-0.39, 0.29) is 25.8 Å². The normalized spacial score (nSPS) is 9.27. The van der Waals surface area contributed by atoms with Crippen molar-refractivity contribution in [1.29, 1.82) is 0 Å². The summed E-state index contributed by atoms with van der Waals surface area (Å²) in [6.07, 6.45) is 0.548. The average Bonchev–Trinajstić information content (AvgIpc) is 2.01. The summed E-state index contributed by atoms with van der Waals surface area (Å²) >= 11 is 0. The van der Waals surface area contributed by atoms with Gasteiger partial charge in [0.2, 0.25) is 0 Å². The summed E-state index contributed by atoms with van der Waals surface area (Å²) in [7, 11) is 0. The van der Waals surface area contributed by atoms with Crippen LogP contribution in [-0.2, 0) is 0 Å². The van der Waals surface area contributed by atoms with Crippen molar-refractivity contribution >= 4 is 6.03 Å². The van der Waals surface area contributed by atoms with Gasteiger partial charge in [-0.05, 0) is 6.42 Å². The standard InChI is InChI=1S/C6H14N2O3/c9-4-1-2-7-6(11)8-3-5-10/h9-10H,1-5H2,(H2,7,8,11). The fraction of sp³-hybridized carbons (Fsp3) is 0.833. The first-order valence-corrected chi connectivity index (χ1v) is 3.54. The third-order valence-electron chi connectivity index (χ3n) is 1.02. The van der Waals surface area contributed by atoms with Crippen LogP contribution in [0.4, 0.5) is 4.79 Å². The zero-order chi connectivity index (χ0) is 8.53. The van der Waals surface area contributed by atoms with E-state index in [1.54, 1.807) is 0 Å². The maximum atomic E-state index is 10.7. The average molecular weight is 162 g/mol. The predicted molar refractivity (Wildman–Crippen MR) is 40.2 cm³/mol. The van der Waals surface area contributed by atoms with E-state index in [1.807, 2.05) is 0 Å². The summed E-state index contributed by atoms with van der Waals surface area (Å²) in [6, 6.07) is -0.312. The van der Waals surface area contributed by atoms with Gasteiger partial charge in [-0.2, -0.15) is 0 Å². The zero-order valence-corrected chi connectivity index (χ0v) is 6.34. The van der Waals surface area contributed by atoms with Gasteiger partial charge in [-0.1, -0.05) is 0 Å². The van der Waals surface area contributed by atoms with Gasteiger partial charge in [0.25, 0.3) is 0 Å². The Hall–Kier alpha value is -0.810. The first kappa shape index (κ1) is 10.2. The van der Waals surface area contributed by atoms with E-state index in [9.17, 15) is 4.79 Å². The Balaban J connectivity index is 3.09. The Morgan fingerprint density at radius 1 is 1.09 bits per heavy atom. The molecule has 0 aromatic carbocycles. The van der Waals surface area contributed by atoms with Crippen molar-refractivity contribution in [3.8, 4) is 0 Å². The first-order chi connectivity index (χ1) is 5.31. The van der Waals surface area contributed by atoms with Crippen LogP contribution < -0.4 is 10.6 Å². The van der Waals surface area contributed by atoms with E-state index in [4.69, 9.17) is 10.2 Å². The summed E-state index contributed by atoms with van der Waals surface area (Å²) in [5.41, 5.74) is 0. The van der Waals surface area contributed by atoms with Crippen LogP contribution in [0.2, 0.25) is 0 Å². The molecule has 0 bridgehead atoms. The van der Waals surface area contributed by atoms with Gasteiger partial charge in [-0.3, -0.25) is 0 Å². The number of nitrogens with one attached hydrogen (secondary N) is 2. The first-order valence-electron chi connectivity index (χ1n) is 3.54. The molecule has 11 heavy (non-hydrogen) atoms. The van der Waals surface area contributed by atoms with Crippen molar-refractivity contribution < 1.29 is 15.0 Å². The Kier molecular flexibility index (Phi) is 6.76. The Labute approximate surface area is 65.4 Å². The Bertz CT molecular complexity index is 108. The van der Waals surface area contributed by atoms with Crippen LogP contribution >= 0.6 is 0 Å². The summed E-state index contributed by atoms with van der Waals surface area (Å²) in [5.74, 6) is 0. The number of aliphatic hydroxyl groups excluding tert-OH is 2. The lowest BCUT2D eigenvalue weighted by molar-refractivity contribution is 0.232. The molecule has 0 aliphatic heterocycles. The van der Waals surface area contributed by atoms with E-state index >= 15 is 0 Å². The van der Waals surface area contributed by atoms with Crippen LogP contribution in [0.25, 0.3) is 0 Å². The quantitative estimate of drug-likeness (QED) is 0.378. The summed E-state index contributed by atoms with van der Waals surface area (Å²) < 4.78 is 0. The molecule has 0 saturated carbocycles. The van der Waals surface area contributed by atoms with Crippen molar-refractivity contribution in [2.75, 3.05) is 26.3 Å². The molecule has 5 nitrogen and oxygen atoms in total. The molecule has 0 unspecified atom stereocenters. The second-order valence-electron chi connectivity index (χ2n) is 1.98. The fourth-order valence-corrected chi connectivity index (χ4v) is 0.513. The summed E-state index contributed by atoms with van der Waals surface area (Å²) in [5, 5.41) is 21.6. The number of urea groups is 1. The van der Waals surface area contributed by atoms with Crippen LogP contribution in [0.15, 0.2) is 0 Å². The van der Waals surface area contributed by atoms with Gasteiger partial charge in [0.1, 0.15) is 0 Å². The molecule has 0 fully saturated rings. The largest absolute Gasteiger partial charge is 0.396 e. The number of amides is 2. The molecular weight excluding hydrogens is 148 g/mol. The maximum Gasteiger partial charge on any atom is 0.314 e. The molecule has 0 rings (SSSR count). The van der Waals surface area contributed by atoms with Crippen molar-refractivity contribution in [2.24, 2.45) is 0 Å². The molecule has 0 spiro atoms. The van der Waals surface area contributed by atoms with Gasteiger partial charge >= 0.3 is 6.03 Å². The highest BCUT2D eigenvalue weighted by molar-refractivity contribution is 5.73. The minimum absolute atomic E-state index is 0.0621. The third-order valence-corrected chi connectivity index (χ3v) is 1.02. The van der Waals surface area contributed by atoms with Gasteiger partial charge in [0.05, 0.1) is 6.61 Å². The molecule has 0 heterocycles. The second kappa shape index (κ2) is 7.30. The second-order valence-corrected chi connectivity index (χ2v) is 1.98. The van der Waals surface area contributed by atoms with Gasteiger partial charge < -0.3 is 20.8 Å².